The maximum Gasteiger partial charge on any atom is 0.417 e. The Bertz CT molecular complexity index is 383. The molecule has 0 saturated carbocycles. The zero-order valence-electron chi connectivity index (χ0n) is 8.18. The second-order valence-corrected chi connectivity index (χ2v) is 2.97. The minimum absolute atomic E-state index is 0.0762. The van der Waals surface area contributed by atoms with Gasteiger partial charge in [0.1, 0.15) is 5.75 Å². The quantitative estimate of drug-likeness (QED) is 0.713. The van der Waals surface area contributed by atoms with Crippen molar-refractivity contribution in [3.05, 3.63) is 29.3 Å². The highest BCUT2D eigenvalue weighted by molar-refractivity contribution is 5.95. The number of ketones is 1. The molecule has 82 valence electrons. The summed E-state index contributed by atoms with van der Waals surface area (Å²) in [5.41, 5.74) is -1.31. The van der Waals surface area contributed by atoms with Gasteiger partial charge in [-0.3, -0.25) is 4.79 Å². The Labute approximate surface area is 84.7 Å². The first-order valence-corrected chi connectivity index (χ1v) is 4.12. The first-order valence-electron chi connectivity index (χ1n) is 4.12. The molecule has 0 saturated heterocycles. The molecular weight excluding hydrogens is 209 g/mol. The maximum absolute atomic E-state index is 12.5. The second kappa shape index (κ2) is 3.92. The van der Waals surface area contributed by atoms with Crippen molar-refractivity contribution >= 4 is 5.78 Å². The van der Waals surface area contributed by atoms with Crippen molar-refractivity contribution in [2.75, 3.05) is 7.11 Å². The van der Waals surface area contributed by atoms with E-state index in [1.165, 1.54) is 13.2 Å². The number of halogens is 3. The van der Waals surface area contributed by atoms with Crippen LogP contribution in [0.2, 0.25) is 0 Å². The number of alkyl halides is 3. The van der Waals surface area contributed by atoms with Gasteiger partial charge in [0.2, 0.25) is 0 Å². The van der Waals surface area contributed by atoms with Crippen LogP contribution in [0, 0.1) is 0 Å². The van der Waals surface area contributed by atoms with Crippen molar-refractivity contribution in [3.8, 4) is 5.75 Å². The van der Waals surface area contributed by atoms with Crippen molar-refractivity contribution in [1.29, 1.82) is 0 Å². The van der Waals surface area contributed by atoms with Gasteiger partial charge in [0.05, 0.1) is 12.7 Å². The van der Waals surface area contributed by atoms with E-state index >= 15 is 0 Å². The molecule has 1 rings (SSSR count). The summed E-state index contributed by atoms with van der Waals surface area (Å²) in [6.07, 6.45) is -4.55. The van der Waals surface area contributed by atoms with Gasteiger partial charge >= 0.3 is 6.18 Å². The molecule has 0 unspecified atom stereocenters. The molecule has 0 spiro atoms. The van der Waals surface area contributed by atoms with Crippen LogP contribution in [-0.4, -0.2) is 12.9 Å². The predicted molar refractivity (Wildman–Crippen MR) is 48.0 cm³/mol. The summed E-state index contributed by atoms with van der Waals surface area (Å²) in [4.78, 5) is 11.0. The summed E-state index contributed by atoms with van der Waals surface area (Å²) in [5.74, 6) is -0.544. The fourth-order valence-electron chi connectivity index (χ4n) is 1.19. The Balaban J connectivity index is 3.36. The zero-order valence-corrected chi connectivity index (χ0v) is 8.18. The number of Topliss-reactive ketones (excluding diaryl/α,β-unsaturated/α-hetero) is 1. The van der Waals surface area contributed by atoms with Gasteiger partial charge in [0.15, 0.2) is 5.78 Å². The van der Waals surface area contributed by atoms with Gasteiger partial charge in [0.25, 0.3) is 0 Å². The molecule has 0 amide bonds. The summed E-state index contributed by atoms with van der Waals surface area (Å²) in [7, 11) is 1.27. The third-order valence-electron chi connectivity index (χ3n) is 1.91. The van der Waals surface area contributed by atoms with Gasteiger partial charge in [0, 0.05) is 5.56 Å². The average molecular weight is 218 g/mol. The number of hydrogen-bond acceptors (Lipinski definition) is 2. The number of carbonyl (C=O) groups is 1. The molecular formula is C10H9F3O2. The lowest BCUT2D eigenvalue weighted by Gasteiger charge is -2.12. The van der Waals surface area contributed by atoms with Crippen LogP contribution in [0.25, 0.3) is 0 Å². The summed E-state index contributed by atoms with van der Waals surface area (Å²) in [5, 5.41) is 0. The minimum Gasteiger partial charge on any atom is -0.497 e. The highest BCUT2D eigenvalue weighted by atomic mass is 19.4. The monoisotopic (exact) mass is 218 g/mol. The van der Waals surface area contributed by atoms with Crippen LogP contribution in [0.1, 0.15) is 22.8 Å². The minimum atomic E-state index is -4.55. The molecule has 0 aromatic heterocycles. The molecule has 0 aliphatic heterocycles. The zero-order chi connectivity index (χ0) is 11.6. The number of rotatable bonds is 2. The van der Waals surface area contributed by atoms with Gasteiger partial charge in [-0.25, -0.2) is 0 Å². The fourth-order valence-corrected chi connectivity index (χ4v) is 1.19. The Kier molecular flexibility index (Phi) is 3.02. The summed E-state index contributed by atoms with van der Waals surface area (Å²) >= 11 is 0. The maximum atomic E-state index is 12.5. The Morgan fingerprint density at radius 1 is 1.33 bits per heavy atom. The molecule has 5 heteroatoms. The molecule has 0 heterocycles. The Morgan fingerprint density at radius 2 is 1.93 bits per heavy atom. The van der Waals surface area contributed by atoms with Gasteiger partial charge in [-0.2, -0.15) is 13.2 Å². The number of benzene rings is 1. The van der Waals surface area contributed by atoms with Crippen molar-refractivity contribution in [2.24, 2.45) is 0 Å². The van der Waals surface area contributed by atoms with Gasteiger partial charge in [-0.05, 0) is 25.1 Å². The van der Waals surface area contributed by atoms with Crippen molar-refractivity contribution in [2.45, 2.75) is 13.1 Å². The van der Waals surface area contributed by atoms with E-state index in [4.69, 9.17) is 0 Å². The molecule has 1 aromatic rings. The molecule has 15 heavy (non-hydrogen) atoms. The van der Waals surface area contributed by atoms with Crippen LogP contribution in [0.15, 0.2) is 18.2 Å². The Morgan fingerprint density at radius 3 is 2.33 bits per heavy atom. The topological polar surface area (TPSA) is 26.3 Å². The smallest absolute Gasteiger partial charge is 0.417 e. The Hall–Kier alpha value is -1.52. The van der Waals surface area contributed by atoms with E-state index in [2.05, 4.69) is 4.74 Å². The fraction of sp³-hybridized carbons (Fsp3) is 0.300. The van der Waals surface area contributed by atoms with Crippen LogP contribution in [0.5, 0.6) is 5.75 Å². The summed E-state index contributed by atoms with van der Waals surface area (Å²) in [6.45, 7) is 1.09. The highest BCUT2D eigenvalue weighted by Gasteiger charge is 2.34. The van der Waals surface area contributed by atoms with Crippen LogP contribution in [0.4, 0.5) is 13.2 Å². The van der Waals surface area contributed by atoms with Crippen LogP contribution < -0.4 is 4.74 Å². The first kappa shape index (κ1) is 11.6. The standard InChI is InChI=1S/C10H9F3O2/c1-6(14)8-4-3-7(15-2)5-9(8)10(11,12)13/h3-5H,1-2H3. The third kappa shape index (κ3) is 2.49. The molecule has 2 nitrogen and oxygen atoms in total. The number of carbonyl (C=O) groups excluding carboxylic acids is 1. The molecule has 0 N–H and O–H groups in total. The van der Waals surface area contributed by atoms with E-state index in [0.717, 1.165) is 19.1 Å². The molecule has 0 atom stereocenters. The van der Waals surface area contributed by atoms with Crippen molar-refractivity contribution in [1.82, 2.24) is 0 Å². The lowest BCUT2D eigenvalue weighted by Crippen LogP contribution is -2.11. The van der Waals surface area contributed by atoms with E-state index in [1.807, 2.05) is 0 Å². The van der Waals surface area contributed by atoms with Crippen LogP contribution in [0.3, 0.4) is 0 Å². The number of methoxy groups -OCH3 is 1. The molecule has 0 aliphatic rings. The first-order chi connectivity index (χ1) is 6.86. The third-order valence-corrected chi connectivity index (χ3v) is 1.91. The van der Waals surface area contributed by atoms with Crippen LogP contribution >= 0.6 is 0 Å². The summed E-state index contributed by atoms with van der Waals surface area (Å²) in [6, 6.07) is 3.26. The van der Waals surface area contributed by atoms with E-state index in [1.54, 1.807) is 0 Å². The molecule has 0 bridgehead atoms. The normalized spacial score (nSPS) is 11.3. The average Bonchev–Trinajstić information content (AvgIpc) is 2.15. The van der Waals surface area contributed by atoms with Crippen molar-refractivity contribution in [3.63, 3.8) is 0 Å². The van der Waals surface area contributed by atoms with Gasteiger partial charge in [-0.15, -0.1) is 0 Å². The second-order valence-electron chi connectivity index (χ2n) is 2.97. The van der Waals surface area contributed by atoms with Crippen molar-refractivity contribution < 1.29 is 22.7 Å². The van der Waals surface area contributed by atoms with E-state index < -0.39 is 17.5 Å². The molecule has 1 aromatic carbocycles. The lowest BCUT2D eigenvalue weighted by atomic mass is 10.0. The largest absolute Gasteiger partial charge is 0.497 e. The van der Waals surface area contributed by atoms with E-state index in [9.17, 15) is 18.0 Å². The number of ether oxygens (including phenoxy) is 1. The SMILES string of the molecule is COc1ccc(C(C)=O)c(C(F)(F)F)c1. The summed E-state index contributed by atoms with van der Waals surface area (Å²) < 4.78 is 42.2. The molecule has 0 fully saturated rings. The highest BCUT2D eigenvalue weighted by Crippen LogP contribution is 2.34. The predicted octanol–water partition coefficient (Wildman–Crippen LogP) is 2.92. The molecule has 0 aliphatic carbocycles. The van der Waals surface area contributed by atoms with E-state index in [0.29, 0.717) is 0 Å². The molecule has 0 radical (unpaired) electrons. The van der Waals surface area contributed by atoms with Gasteiger partial charge < -0.3 is 4.74 Å². The van der Waals surface area contributed by atoms with Gasteiger partial charge in [-0.1, -0.05) is 0 Å². The van der Waals surface area contributed by atoms with E-state index in [-0.39, 0.29) is 11.3 Å². The van der Waals surface area contributed by atoms with Crippen LogP contribution in [-0.2, 0) is 6.18 Å². The number of hydrogen-bond donors (Lipinski definition) is 0. The lowest BCUT2D eigenvalue weighted by molar-refractivity contribution is -0.138.